The zero-order chi connectivity index (χ0) is 20.6. The second-order valence-corrected chi connectivity index (χ2v) is 6.74. The number of halogens is 3. The molecule has 0 spiro atoms. The van der Waals surface area contributed by atoms with Crippen LogP contribution >= 0.6 is 0 Å². The fourth-order valence-electron chi connectivity index (χ4n) is 3.47. The first-order valence-electron chi connectivity index (χ1n) is 9.00. The Morgan fingerprint density at radius 2 is 1.97 bits per heavy atom. The van der Waals surface area contributed by atoms with Crippen molar-refractivity contribution < 1.29 is 13.2 Å². The Labute approximate surface area is 163 Å². The number of alkyl halides is 3. The van der Waals surface area contributed by atoms with E-state index in [0.717, 1.165) is 23.6 Å². The van der Waals surface area contributed by atoms with E-state index >= 15 is 0 Å². The third-order valence-electron chi connectivity index (χ3n) is 4.85. The smallest absolute Gasteiger partial charge is 0.379 e. The highest BCUT2D eigenvalue weighted by Crippen LogP contribution is 2.32. The molecule has 0 amide bonds. The number of pyridine rings is 2. The molecule has 6 nitrogen and oxygen atoms in total. The van der Waals surface area contributed by atoms with Gasteiger partial charge < -0.3 is 10.6 Å². The molecule has 29 heavy (non-hydrogen) atoms. The molecule has 0 aliphatic carbocycles. The van der Waals surface area contributed by atoms with E-state index in [2.05, 4.69) is 15.6 Å². The second kappa shape index (κ2) is 7.22. The van der Waals surface area contributed by atoms with Gasteiger partial charge >= 0.3 is 6.18 Å². The van der Waals surface area contributed by atoms with Crippen LogP contribution in [0.1, 0.15) is 17.7 Å². The maximum Gasteiger partial charge on any atom is 0.433 e. The number of nitrogens with one attached hydrogen (secondary N) is 2. The summed E-state index contributed by atoms with van der Waals surface area (Å²) in [6, 6.07) is 12.2. The zero-order valence-corrected chi connectivity index (χ0v) is 15.1. The van der Waals surface area contributed by atoms with E-state index in [4.69, 9.17) is 0 Å². The number of benzene rings is 1. The van der Waals surface area contributed by atoms with E-state index in [1.54, 1.807) is 30.3 Å². The monoisotopic (exact) mass is 399 g/mol. The summed E-state index contributed by atoms with van der Waals surface area (Å²) in [4.78, 5) is 16.9. The number of para-hydroxylation sites is 1. The van der Waals surface area contributed by atoms with Crippen molar-refractivity contribution in [2.75, 3.05) is 18.4 Å². The highest BCUT2D eigenvalue weighted by atomic mass is 19.4. The summed E-state index contributed by atoms with van der Waals surface area (Å²) in [6.07, 6.45) is -3.90. The van der Waals surface area contributed by atoms with Crippen molar-refractivity contribution in [1.29, 1.82) is 5.26 Å². The molecule has 0 radical (unpaired) electrons. The van der Waals surface area contributed by atoms with Crippen LogP contribution < -0.4 is 16.2 Å². The fourth-order valence-corrected chi connectivity index (χ4v) is 3.47. The van der Waals surface area contributed by atoms with E-state index in [9.17, 15) is 23.2 Å². The number of nitrogens with zero attached hydrogens (tertiary/aromatic N) is 3. The van der Waals surface area contributed by atoms with Gasteiger partial charge in [0.05, 0.1) is 11.4 Å². The largest absolute Gasteiger partial charge is 0.433 e. The molecule has 1 atom stereocenters. The Balaban J connectivity index is 2.06. The number of aromatic nitrogens is 2. The number of fused-ring (bicyclic) bond motifs is 1. The standard InChI is InChI=1S/C20H16F3N5O/c21-20(22,23)16-7-6-14-17(26-12-8-9-25-11-12)15(10-24)19(29)28(18(14)27-16)13-4-2-1-3-5-13/h1-7,12,25-26H,8-9,11H2. The Hall–Kier alpha value is -3.38. The van der Waals surface area contributed by atoms with Gasteiger partial charge in [0.25, 0.3) is 5.56 Å². The molecule has 0 saturated carbocycles. The van der Waals surface area contributed by atoms with Crippen molar-refractivity contribution in [2.24, 2.45) is 0 Å². The molecule has 3 heterocycles. The Bertz CT molecular complexity index is 1160. The third-order valence-corrected chi connectivity index (χ3v) is 4.85. The number of hydrogen-bond donors (Lipinski definition) is 2. The molecular formula is C20H16F3N5O. The van der Waals surface area contributed by atoms with Crippen LogP contribution in [0.15, 0.2) is 47.3 Å². The van der Waals surface area contributed by atoms with Gasteiger partial charge in [0.1, 0.15) is 23.0 Å². The van der Waals surface area contributed by atoms with Crippen molar-refractivity contribution in [3.05, 3.63) is 64.1 Å². The summed E-state index contributed by atoms with van der Waals surface area (Å²) in [5.74, 6) is 0. The van der Waals surface area contributed by atoms with Gasteiger partial charge in [0.2, 0.25) is 0 Å². The molecule has 3 aromatic rings. The van der Waals surface area contributed by atoms with Gasteiger partial charge in [0, 0.05) is 18.0 Å². The molecule has 1 unspecified atom stereocenters. The van der Waals surface area contributed by atoms with Crippen LogP contribution in [0.2, 0.25) is 0 Å². The lowest BCUT2D eigenvalue weighted by atomic mass is 10.1. The molecule has 2 aromatic heterocycles. The van der Waals surface area contributed by atoms with Crippen molar-refractivity contribution in [3.8, 4) is 11.8 Å². The first kappa shape index (κ1) is 19.0. The van der Waals surface area contributed by atoms with E-state index < -0.39 is 17.4 Å². The maximum absolute atomic E-state index is 13.3. The van der Waals surface area contributed by atoms with E-state index in [-0.39, 0.29) is 28.3 Å². The quantitative estimate of drug-likeness (QED) is 0.708. The average Bonchev–Trinajstić information content (AvgIpc) is 3.21. The molecule has 2 N–H and O–H groups in total. The lowest BCUT2D eigenvalue weighted by Crippen LogP contribution is -2.28. The molecule has 1 fully saturated rings. The van der Waals surface area contributed by atoms with Crippen LogP contribution in [0.25, 0.3) is 16.7 Å². The van der Waals surface area contributed by atoms with Crippen molar-refractivity contribution in [1.82, 2.24) is 14.9 Å². The predicted octanol–water partition coefficient (Wildman–Crippen LogP) is 3.05. The highest BCUT2D eigenvalue weighted by molar-refractivity contribution is 5.93. The van der Waals surface area contributed by atoms with Crippen molar-refractivity contribution in [2.45, 2.75) is 18.6 Å². The molecule has 1 aromatic carbocycles. The van der Waals surface area contributed by atoms with Gasteiger partial charge in [0.15, 0.2) is 0 Å². The average molecular weight is 399 g/mol. The minimum atomic E-state index is -4.66. The summed E-state index contributed by atoms with van der Waals surface area (Å²) in [5, 5.41) is 16.3. The van der Waals surface area contributed by atoms with Crippen LogP contribution in [0.5, 0.6) is 0 Å². The summed E-state index contributed by atoms with van der Waals surface area (Å²) in [6.45, 7) is 1.40. The highest BCUT2D eigenvalue weighted by Gasteiger charge is 2.33. The fraction of sp³-hybridized carbons (Fsp3) is 0.250. The number of hydrogen-bond acceptors (Lipinski definition) is 5. The van der Waals surface area contributed by atoms with Crippen LogP contribution in [0.3, 0.4) is 0 Å². The zero-order valence-electron chi connectivity index (χ0n) is 15.1. The molecule has 1 saturated heterocycles. The molecule has 1 aliphatic heterocycles. The van der Waals surface area contributed by atoms with Gasteiger partial charge in [-0.3, -0.25) is 9.36 Å². The summed E-state index contributed by atoms with van der Waals surface area (Å²) in [7, 11) is 0. The summed E-state index contributed by atoms with van der Waals surface area (Å²) < 4.78 is 41.0. The number of anilines is 1. The summed E-state index contributed by atoms with van der Waals surface area (Å²) in [5.41, 5.74) is -1.58. The van der Waals surface area contributed by atoms with Crippen molar-refractivity contribution in [3.63, 3.8) is 0 Å². The molecule has 0 bridgehead atoms. The first-order chi connectivity index (χ1) is 13.9. The minimum Gasteiger partial charge on any atom is -0.379 e. The second-order valence-electron chi connectivity index (χ2n) is 6.74. The molecule has 9 heteroatoms. The normalized spacial score (nSPS) is 16.7. The van der Waals surface area contributed by atoms with Gasteiger partial charge in [-0.15, -0.1) is 0 Å². The molecule has 148 valence electrons. The molecule has 1 aliphatic rings. The van der Waals surface area contributed by atoms with E-state index in [0.29, 0.717) is 12.2 Å². The lowest BCUT2D eigenvalue weighted by molar-refractivity contribution is -0.141. The third kappa shape index (κ3) is 3.43. The van der Waals surface area contributed by atoms with Gasteiger partial charge in [-0.25, -0.2) is 4.98 Å². The van der Waals surface area contributed by atoms with Crippen LogP contribution in [-0.2, 0) is 6.18 Å². The van der Waals surface area contributed by atoms with E-state index in [1.165, 1.54) is 6.07 Å². The number of nitriles is 1. The van der Waals surface area contributed by atoms with Crippen molar-refractivity contribution >= 4 is 16.7 Å². The van der Waals surface area contributed by atoms with E-state index in [1.807, 2.05) is 6.07 Å². The topological polar surface area (TPSA) is 82.7 Å². The van der Waals surface area contributed by atoms with Gasteiger partial charge in [-0.2, -0.15) is 18.4 Å². The molecule has 4 rings (SSSR count). The van der Waals surface area contributed by atoms with Crippen LogP contribution in [0, 0.1) is 11.3 Å². The van der Waals surface area contributed by atoms with Gasteiger partial charge in [-0.05, 0) is 37.2 Å². The predicted molar refractivity (Wildman–Crippen MR) is 102 cm³/mol. The lowest BCUT2D eigenvalue weighted by Gasteiger charge is -2.19. The summed E-state index contributed by atoms with van der Waals surface area (Å²) >= 11 is 0. The number of rotatable bonds is 3. The minimum absolute atomic E-state index is 0.0421. The first-order valence-corrected chi connectivity index (χ1v) is 9.00. The Morgan fingerprint density at radius 3 is 2.59 bits per heavy atom. The SMILES string of the molecule is N#Cc1c(NC2CCNC2)c2ccc(C(F)(F)F)nc2n(-c2ccccc2)c1=O. The Kier molecular flexibility index (Phi) is 4.72. The molecular weight excluding hydrogens is 383 g/mol. The van der Waals surface area contributed by atoms with Gasteiger partial charge in [-0.1, -0.05) is 18.2 Å². The van der Waals surface area contributed by atoms with Crippen LogP contribution in [-0.4, -0.2) is 28.7 Å². The Morgan fingerprint density at radius 1 is 1.21 bits per heavy atom. The maximum atomic E-state index is 13.3. The van der Waals surface area contributed by atoms with Crippen LogP contribution in [0.4, 0.5) is 18.9 Å².